The maximum atomic E-state index is 10.4. The molecule has 1 fully saturated rings. The smallest absolute Gasteiger partial charge is 0.178 e. The molecule has 1 saturated heterocycles. The molecular weight excluding hydrogens is 196 g/mol. The first kappa shape index (κ1) is 12.2. The van der Waals surface area contributed by atoms with Crippen molar-refractivity contribution in [1.82, 2.24) is 5.32 Å². The summed E-state index contributed by atoms with van der Waals surface area (Å²) in [5, 5.41) is 11.3. The molecule has 5 nitrogen and oxygen atoms in total. The predicted octanol–water partition coefficient (Wildman–Crippen LogP) is -0.495. The molecule has 2 heterocycles. The number of ketones is 1. The van der Waals surface area contributed by atoms with Gasteiger partial charge in [0.2, 0.25) is 0 Å². The van der Waals surface area contributed by atoms with Crippen LogP contribution in [-0.4, -0.2) is 36.4 Å². The van der Waals surface area contributed by atoms with Crippen molar-refractivity contribution in [2.75, 3.05) is 13.2 Å². The predicted molar refractivity (Wildman–Crippen MR) is 55.9 cm³/mol. The molecule has 86 valence electrons. The van der Waals surface area contributed by atoms with Crippen molar-refractivity contribution in [3.63, 3.8) is 0 Å². The number of carbonyl (C=O) groups excluding carboxylic acids is 1. The highest BCUT2D eigenvalue weighted by Gasteiger charge is 2.20. The van der Waals surface area contributed by atoms with Gasteiger partial charge in [0.05, 0.1) is 19.3 Å². The highest BCUT2D eigenvalue weighted by Crippen LogP contribution is 2.14. The van der Waals surface area contributed by atoms with Gasteiger partial charge in [0, 0.05) is 11.8 Å². The van der Waals surface area contributed by atoms with Gasteiger partial charge in [0.25, 0.3) is 0 Å². The van der Waals surface area contributed by atoms with E-state index in [2.05, 4.69) is 5.32 Å². The number of rotatable bonds is 1. The summed E-state index contributed by atoms with van der Waals surface area (Å²) in [4.78, 5) is 10.4. The second-order valence-electron chi connectivity index (χ2n) is 3.69. The van der Waals surface area contributed by atoms with Gasteiger partial charge in [-0.15, -0.1) is 0 Å². The number of aliphatic hydroxyl groups excluding tert-OH is 1. The van der Waals surface area contributed by atoms with E-state index in [0.29, 0.717) is 6.54 Å². The minimum atomic E-state index is -0.132. The second-order valence-corrected chi connectivity index (χ2v) is 3.69. The molecule has 2 atom stereocenters. The Kier molecular flexibility index (Phi) is 4.74. The van der Waals surface area contributed by atoms with Crippen molar-refractivity contribution in [2.45, 2.75) is 32.1 Å². The summed E-state index contributed by atoms with van der Waals surface area (Å²) in [6.45, 7) is 2.40. The second kappa shape index (κ2) is 5.85. The molecule has 2 unspecified atom stereocenters. The van der Waals surface area contributed by atoms with Crippen molar-refractivity contribution in [1.29, 1.82) is 0 Å². The van der Waals surface area contributed by atoms with E-state index in [4.69, 9.17) is 15.6 Å². The molecule has 4 N–H and O–H groups in total. The number of aliphatic hydroxyl groups is 1. The fourth-order valence-electron chi connectivity index (χ4n) is 1.38. The van der Waals surface area contributed by atoms with Gasteiger partial charge in [-0.2, -0.15) is 0 Å². The lowest BCUT2D eigenvalue weighted by Gasteiger charge is -2.04. The highest BCUT2D eigenvalue weighted by molar-refractivity contribution is 5.98. The molecule has 0 aromatic rings. The first-order valence-electron chi connectivity index (χ1n) is 5.08. The zero-order valence-electron chi connectivity index (χ0n) is 8.90. The minimum Gasteiger partial charge on any atom is -0.394 e. The Balaban J connectivity index is 0.000000151. The number of nitrogens with two attached hydrogens (primary N) is 1. The molecule has 2 aliphatic heterocycles. The van der Waals surface area contributed by atoms with Crippen molar-refractivity contribution in [3.05, 3.63) is 11.8 Å². The summed E-state index contributed by atoms with van der Waals surface area (Å²) in [5.41, 5.74) is 6.20. The van der Waals surface area contributed by atoms with Crippen LogP contribution in [0.25, 0.3) is 0 Å². The molecule has 15 heavy (non-hydrogen) atoms. The van der Waals surface area contributed by atoms with Crippen molar-refractivity contribution < 1.29 is 14.6 Å². The maximum absolute atomic E-state index is 10.4. The van der Waals surface area contributed by atoms with E-state index < -0.39 is 0 Å². The van der Waals surface area contributed by atoms with Crippen LogP contribution in [0.2, 0.25) is 0 Å². The van der Waals surface area contributed by atoms with E-state index in [1.54, 1.807) is 6.20 Å². The fourth-order valence-corrected chi connectivity index (χ4v) is 1.38. The average molecular weight is 214 g/mol. The summed E-state index contributed by atoms with van der Waals surface area (Å²) < 4.78 is 5.04. The lowest BCUT2D eigenvalue weighted by molar-refractivity contribution is -0.113. The normalized spacial score (nSPS) is 29.3. The van der Waals surface area contributed by atoms with E-state index >= 15 is 0 Å². The topological polar surface area (TPSA) is 84.6 Å². The molecule has 5 heteroatoms. The molecule has 0 bridgehead atoms. The van der Waals surface area contributed by atoms with E-state index in [1.807, 2.05) is 6.92 Å². The molecule has 0 aromatic heterocycles. The van der Waals surface area contributed by atoms with E-state index in [1.165, 1.54) is 0 Å². The fraction of sp³-hybridized carbons (Fsp3) is 0.700. The van der Waals surface area contributed by atoms with Gasteiger partial charge in [0.1, 0.15) is 6.23 Å². The van der Waals surface area contributed by atoms with Crippen molar-refractivity contribution in [3.8, 4) is 0 Å². The zero-order valence-corrected chi connectivity index (χ0v) is 8.90. The minimum absolute atomic E-state index is 0.00463. The largest absolute Gasteiger partial charge is 0.394 e. The van der Waals surface area contributed by atoms with E-state index in [9.17, 15) is 4.79 Å². The van der Waals surface area contributed by atoms with Gasteiger partial charge in [-0.3, -0.25) is 4.79 Å². The average Bonchev–Trinajstić information content (AvgIpc) is 2.78. The van der Waals surface area contributed by atoms with Gasteiger partial charge in [0.15, 0.2) is 5.78 Å². The Morgan fingerprint density at radius 2 is 2.40 bits per heavy atom. The SMILES string of the molecule is CC1=CNCC1=O.NC1CCC(CO)O1. The van der Waals surface area contributed by atoms with Gasteiger partial charge in [-0.1, -0.05) is 0 Å². The standard InChI is InChI=1S/C5H11NO2.C5H7NO/c6-5-2-1-4(3-7)8-5;1-4-2-6-3-5(4)7/h4-5,7H,1-3,6H2;2,6H,3H2,1H3. The quantitative estimate of drug-likeness (QED) is 0.548. The molecule has 0 amide bonds. The molecule has 2 rings (SSSR count). The molecule has 0 spiro atoms. The van der Waals surface area contributed by atoms with Gasteiger partial charge < -0.3 is 20.9 Å². The van der Waals surface area contributed by atoms with Crippen LogP contribution in [-0.2, 0) is 9.53 Å². The first-order chi connectivity index (χ1) is 7.13. The molecule has 0 radical (unpaired) electrons. The van der Waals surface area contributed by atoms with Gasteiger partial charge in [-0.05, 0) is 19.8 Å². The number of Topliss-reactive ketones (excluding diaryl/α,β-unsaturated/α-hetero) is 1. The molecule has 0 aliphatic carbocycles. The Hall–Kier alpha value is -0.910. The van der Waals surface area contributed by atoms with Crippen molar-refractivity contribution in [2.24, 2.45) is 5.73 Å². The van der Waals surface area contributed by atoms with Crippen LogP contribution in [0.5, 0.6) is 0 Å². The summed E-state index contributed by atoms with van der Waals surface area (Å²) in [5.74, 6) is 0.208. The van der Waals surface area contributed by atoms with Crippen LogP contribution in [0.1, 0.15) is 19.8 Å². The monoisotopic (exact) mass is 214 g/mol. The lowest BCUT2D eigenvalue weighted by atomic mass is 10.2. The number of ether oxygens (including phenoxy) is 1. The maximum Gasteiger partial charge on any atom is 0.178 e. The summed E-state index contributed by atoms with van der Waals surface area (Å²) in [7, 11) is 0. The summed E-state index contributed by atoms with van der Waals surface area (Å²) in [6.07, 6.45) is 3.39. The van der Waals surface area contributed by atoms with Crippen LogP contribution in [0, 0.1) is 0 Å². The number of carbonyl (C=O) groups is 1. The lowest BCUT2D eigenvalue weighted by Crippen LogP contribution is -2.21. The van der Waals surface area contributed by atoms with Crippen LogP contribution >= 0.6 is 0 Å². The number of hydrogen-bond acceptors (Lipinski definition) is 5. The third kappa shape index (κ3) is 3.99. The Morgan fingerprint density at radius 1 is 1.67 bits per heavy atom. The molecule has 0 aromatic carbocycles. The number of nitrogens with one attached hydrogen (secondary N) is 1. The van der Waals surface area contributed by atoms with E-state index in [0.717, 1.165) is 18.4 Å². The third-order valence-corrected chi connectivity index (χ3v) is 2.37. The van der Waals surface area contributed by atoms with Gasteiger partial charge >= 0.3 is 0 Å². The van der Waals surface area contributed by atoms with E-state index in [-0.39, 0.29) is 24.7 Å². The van der Waals surface area contributed by atoms with Crippen LogP contribution in [0.15, 0.2) is 11.8 Å². The summed E-state index contributed by atoms with van der Waals surface area (Å²) >= 11 is 0. The molecule has 2 aliphatic rings. The third-order valence-electron chi connectivity index (χ3n) is 2.37. The van der Waals surface area contributed by atoms with Gasteiger partial charge in [-0.25, -0.2) is 0 Å². The number of hydrogen-bond donors (Lipinski definition) is 3. The Labute approximate surface area is 89.3 Å². The molecular formula is C10H18N2O3. The summed E-state index contributed by atoms with van der Waals surface area (Å²) in [6, 6.07) is 0. The van der Waals surface area contributed by atoms with Crippen molar-refractivity contribution >= 4 is 5.78 Å². The van der Waals surface area contributed by atoms with Crippen LogP contribution in [0.4, 0.5) is 0 Å². The highest BCUT2D eigenvalue weighted by atomic mass is 16.5. The first-order valence-corrected chi connectivity index (χ1v) is 5.08. The zero-order chi connectivity index (χ0) is 11.3. The Morgan fingerprint density at radius 3 is 2.60 bits per heavy atom. The van der Waals surface area contributed by atoms with Crippen LogP contribution in [0.3, 0.4) is 0 Å². The Bertz CT molecular complexity index is 253. The van der Waals surface area contributed by atoms with Crippen LogP contribution < -0.4 is 11.1 Å². The molecule has 0 saturated carbocycles.